The monoisotopic (exact) mass is 475 g/mol. The molecule has 2 aliphatic rings. The molecule has 3 amide bonds. The third-order valence-corrected chi connectivity index (χ3v) is 7.07. The van der Waals surface area contributed by atoms with Crippen LogP contribution in [0, 0.1) is 23.7 Å². The first-order chi connectivity index (χ1) is 15.9. The molecule has 1 aliphatic carbocycles. The van der Waals surface area contributed by atoms with E-state index in [0.717, 1.165) is 32.1 Å². The smallest absolute Gasteiger partial charge is 0.247 e. The number of nitrogens with zero attached hydrogens (tertiary/aromatic N) is 1. The van der Waals surface area contributed by atoms with Gasteiger partial charge in [0, 0.05) is 36.8 Å². The molecule has 0 spiro atoms. The van der Waals surface area contributed by atoms with Crippen LogP contribution in [0.2, 0.25) is 5.02 Å². The summed E-state index contributed by atoms with van der Waals surface area (Å²) in [6, 6.07) is 6.17. The fourth-order valence-electron chi connectivity index (χ4n) is 5.15. The van der Waals surface area contributed by atoms with Crippen LogP contribution in [0.4, 0.5) is 5.69 Å². The first-order valence-electron chi connectivity index (χ1n) is 11.8. The van der Waals surface area contributed by atoms with E-state index in [1.54, 1.807) is 36.2 Å². The van der Waals surface area contributed by atoms with Crippen LogP contribution in [0.3, 0.4) is 0 Å². The van der Waals surface area contributed by atoms with E-state index in [1.165, 1.54) is 0 Å². The molecule has 0 bridgehead atoms. The van der Waals surface area contributed by atoms with Gasteiger partial charge in [-0.2, -0.15) is 0 Å². The number of fused-ring (bicyclic) bond motifs is 1. The number of benzene rings is 1. The van der Waals surface area contributed by atoms with Gasteiger partial charge >= 0.3 is 0 Å². The van der Waals surface area contributed by atoms with Crippen molar-refractivity contribution in [3.63, 3.8) is 0 Å². The van der Waals surface area contributed by atoms with E-state index in [2.05, 4.69) is 10.6 Å². The van der Waals surface area contributed by atoms with Crippen molar-refractivity contribution in [2.75, 3.05) is 25.5 Å². The van der Waals surface area contributed by atoms with E-state index in [9.17, 15) is 14.4 Å². The first-order valence-corrected chi connectivity index (χ1v) is 12.2. The maximum absolute atomic E-state index is 13.6. The van der Waals surface area contributed by atoms with Crippen LogP contribution in [-0.4, -0.2) is 54.0 Å². The Kier molecular flexibility index (Phi) is 8.92. The highest BCUT2D eigenvalue weighted by molar-refractivity contribution is 6.30. The molecule has 0 aromatic heterocycles. The summed E-state index contributed by atoms with van der Waals surface area (Å²) in [5, 5.41) is 15.2. The minimum atomic E-state index is -0.683. The van der Waals surface area contributed by atoms with Crippen molar-refractivity contribution in [2.45, 2.75) is 45.1 Å². The van der Waals surface area contributed by atoms with Crippen LogP contribution in [0.5, 0.6) is 0 Å². The maximum Gasteiger partial charge on any atom is 0.247 e. The molecule has 1 aromatic rings. The van der Waals surface area contributed by atoms with Gasteiger partial charge in [-0.1, -0.05) is 43.5 Å². The number of aliphatic hydroxyl groups is 1. The number of carbonyl (C=O) groups excluding carboxylic acids is 3. The van der Waals surface area contributed by atoms with Gasteiger partial charge < -0.3 is 20.6 Å². The fraction of sp³-hybridized carbons (Fsp3) is 0.560. The SMILES string of the molecule is CC[C@@H]1C=C[C@H]2[C@H](C(=O)N(CCCCCCO)[C@@H]2C(=O)Nc2ccc(Cl)cc2)[C@@H]1C(=O)NC. The molecule has 1 heterocycles. The number of amides is 3. The number of allylic oxidation sites excluding steroid dienone is 1. The van der Waals surface area contributed by atoms with Crippen LogP contribution in [0.1, 0.15) is 39.0 Å². The lowest BCUT2D eigenvalue weighted by molar-refractivity contribution is -0.140. The summed E-state index contributed by atoms with van der Waals surface area (Å²) in [4.78, 5) is 41.6. The Morgan fingerprint density at radius 3 is 2.39 bits per heavy atom. The second-order valence-electron chi connectivity index (χ2n) is 8.81. The number of nitrogens with one attached hydrogen (secondary N) is 2. The number of anilines is 1. The van der Waals surface area contributed by atoms with Gasteiger partial charge in [0.05, 0.1) is 11.8 Å². The van der Waals surface area contributed by atoms with Crippen molar-refractivity contribution < 1.29 is 19.5 Å². The Labute approximate surface area is 200 Å². The first kappa shape index (κ1) is 25.2. The number of hydrogen-bond acceptors (Lipinski definition) is 4. The predicted octanol–water partition coefficient (Wildman–Crippen LogP) is 3.23. The zero-order valence-corrected chi connectivity index (χ0v) is 20.1. The topological polar surface area (TPSA) is 98.7 Å². The Morgan fingerprint density at radius 2 is 1.76 bits per heavy atom. The molecule has 1 fully saturated rings. The average molecular weight is 476 g/mol. The molecule has 8 heteroatoms. The lowest BCUT2D eigenvalue weighted by atomic mass is 9.69. The molecule has 180 valence electrons. The number of halogens is 1. The maximum atomic E-state index is 13.6. The molecule has 3 rings (SSSR count). The molecule has 0 radical (unpaired) electrons. The molecular formula is C25H34ClN3O4. The largest absolute Gasteiger partial charge is 0.396 e. The van der Waals surface area contributed by atoms with Gasteiger partial charge in [0.15, 0.2) is 0 Å². The van der Waals surface area contributed by atoms with Crippen LogP contribution in [0.15, 0.2) is 36.4 Å². The fourth-order valence-corrected chi connectivity index (χ4v) is 5.28. The molecule has 7 nitrogen and oxygen atoms in total. The van der Waals surface area contributed by atoms with E-state index in [4.69, 9.17) is 16.7 Å². The van der Waals surface area contributed by atoms with Crippen molar-refractivity contribution in [1.82, 2.24) is 10.2 Å². The zero-order valence-electron chi connectivity index (χ0n) is 19.3. The van der Waals surface area contributed by atoms with Gasteiger partial charge in [0.1, 0.15) is 6.04 Å². The van der Waals surface area contributed by atoms with Gasteiger partial charge in [-0.15, -0.1) is 0 Å². The molecule has 1 aromatic carbocycles. The summed E-state index contributed by atoms with van der Waals surface area (Å²) >= 11 is 5.96. The quantitative estimate of drug-likeness (QED) is 0.357. The van der Waals surface area contributed by atoms with Gasteiger partial charge in [0.25, 0.3) is 0 Å². The van der Waals surface area contributed by atoms with Crippen molar-refractivity contribution >= 4 is 35.0 Å². The molecule has 5 atom stereocenters. The lowest BCUT2D eigenvalue weighted by Gasteiger charge is -2.33. The van der Waals surface area contributed by atoms with Gasteiger partial charge in [-0.3, -0.25) is 14.4 Å². The summed E-state index contributed by atoms with van der Waals surface area (Å²) in [6.07, 6.45) is 7.90. The highest BCUT2D eigenvalue weighted by Gasteiger charge is 2.56. The Hall–Kier alpha value is -2.38. The van der Waals surface area contributed by atoms with Crippen LogP contribution < -0.4 is 10.6 Å². The van der Waals surface area contributed by atoms with Crippen molar-refractivity contribution in [3.05, 3.63) is 41.4 Å². The van der Waals surface area contributed by atoms with Crippen molar-refractivity contribution in [1.29, 1.82) is 0 Å². The van der Waals surface area contributed by atoms with Crippen LogP contribution >= 0.6 is 11.6 Å². The molecular weight excluding hydrogens is 442 g/mol. The Bertz CT molecular complexity index is 873. The predicted molar refractivity (Wildman–Crippen MR) is 129 cm³/mol. The standard InChI is InChI=1S/C25H34ClN3O4/c1-3-16-8-13-19-21(20(16)23(31)27-2)25(33)29(14-6-4-5-7-15-30)22(19)24(32)28-18-11-9-17(26)10-12-18/h8-13,16,19-22,30H,3-7,14-15H2,1-2H3,(H,27,31)(H,28,32)/t16-,19+,20-,21+,22+/m1/s1. The number of unbranched alkanes of at least 4 members (excludes halogenated alkanes) is 3. The molecule has 1 aliphatic heterocycles. The Balaban J connectivity index is 1.88. The summed E-state index contributed by atoms with van der Waals surface area (Å²) in [5.74, 6) is -2.01. The van der Waals surface area contributed by atoms with Crippen molar-refractivity contribution in [2.24, 2.45) is 23.7 Å². The van der Waals surface area contributed by atoms with Gasteiger partial charge in [0.2, 0.25) is 17.7 Å². The summed E-state index contributed by atoms with van der Waals surface area (Å²) in [5.41, 5.74) is 0.609. The van der Waals surface area contributed by atoms with E-state index >= 15 is 0 Å². The number of carbonyl (C=O) groups is 3. The normalized spacial score (nSPS) is 26.2. The number of likely N-dealkylation sites (tertiary alicyclic amines) is 1. The number of rotatable bonds is 10. The van der Waals surface area contributed by atoms with Gasteiger partial charge in [-0.05, 0) is 49.4 Å². The van der Waals surface area contributed by atoms with E-state index in [1.807, 2.05) is 19.1 Å². The summed E-state index contributed by atoms with van der Waals surface area (Å²) in [7, 11) is 1.59. The number of aliphatic hydroxyl groups excluding tert-OH is 1. The molecule has 3 N–H and O–H groups in total. The molecule has 0 saturated carbocycles. The molecule has 0 unspecified atom stereocenters. The van der Waals surface area contributed by atoms with Crippen molar-refractivity contribution in [3.8, 4) is 0 Å². The third-order valence-electron chi connectivity index (χ3n) is 6.82. The minimum Gasteiger partial charge on any atom is -0.396 e. The molecule has 33 heavy (non-hydrogen) atoms. The summed E-state index contributed by atoms with van der Waals surface area (Å²) < 4.78 is 0. The average Bonchev–Trinajstić information content (AvgIpc) is 3.10. The highest BCUT2D eigenvalue weighted by atomic mass is 35.5. The highest BCUT2D eigenvalue weighted by Crippen LogP contribution is 2.45. The second-order valence-corrected chi connectivity index (χ2v) is 9.25. The second kappa shape index (κ2) is 11.7. The van der Waals surface area contributed by atoms with E-state index < -0.39 is 17.9 Å². The van der Waals surface area contributed by atoms with Gasteiger partial charge in [-0.25, -0.2) is 0 Å². The van der Waals surface area contributed by atoms with E-state index in [0.29, 0.717) is 17.3 Å². The zero-order chi connectivity index (χ0) is 24.0. The summed E-state index contributed by atoms with van der Waals surface area (Å²) in [6.45, 7) is 2.60. The van der Waals surface area contributed by atoms with Crippen LogP contribution in [-0.2, 0) is 14.4 Å². The lowest BCUT2D eigenvalue weighted by Crippen LogP contribution is -2.45. The molecule has 1 saturated heterocycles. The minimum absolute atomic E-state index is 0.0420. The van der Waals surface area contributed by atoms with Crippen LogP contribution in [0.25, 0.3) is 0 Å². The Morgan fingerprint density at radius 1 is 1.06 bits per heavy atom. The third kappa shape index (κ3) is 5.58. The van der Waals surface area contributed by atoms with E-state index in [-0.39, 0.29) is 36.2 Å². The number of hydrogen-bond donors (Lipinski definition) is 3.